The zero-order valence-corrected chi connectivity index (χ0v) is 30.5. The molecule has 0 aromatic carbocycles. The van der Waals surface area contributed by atoms with Gasteiger partial charge in [0.25, 0.3) is 0 Å². The molecule has 0 bridgehead atoms. The van der Waals surface area contributed by atoms with Gasteiger partial charge < -0.3 is 19.7 Å². The number of aliphatic hydroxyl groups is 1. The summed E-state index contributed by atoms with van der Waals surface area (Å²) in [7, 11) is 0. The number of H-pyrrole nitrogens is 1. The molecule has 4 aliphatic rings. The van der Waals surface area contributed by atoms with Crippen LogP contribution in [0, 0.1) is 46.3 Å². The van der Waals surface area contributed by atoms with Gasteiger partial charge in [-0.05, 0) is 106 Å². The second-order valence-corrected chi connectivity index (χ2v) is 17.3. The molecule has 4 aliphatic carbocycles. The number of anilines is 1. The minimum atomic E-state index is -0.595. The molecule has 4 fully saturated rings. The Hall–Kier alpha value is -1.07. The molecule has 0 saturated heterocycles. The molecule has 45 heavy (non-hydrogen) atoms. The van der Waals surface area contributed by atoms with Crippen LogP contribution in [-0.2, 0) is 4.74 Å². The summed E-state index contributed by atoms with van der Waals surface area (Å²) in [4.78, 5) is 10.4. The van der Waals surface area contributed by atoms with Gasteiger partial charge >= 0.3 is 0 Å². The normalized spacial score (nSPS) is 38.5. The standard InChI is InChI=1S/C40H71N3O2/c1-8-10-11-12-13-14-26-45-40(43(9-2)36-27-41-29-42-36)25-24-39(44)23-20-32-34-19-18-33(31(5)17-15-16-30(3)4)37(34,6)22-21-35(32)38(39,7)28-40/h27,29-35,44H,8-26,28H2,1-7H3,(H,41,42)/t31-,32+,33-,34+,35+,37-,38-,39-,40?/m1/s1. The fourth-order valence-electron chi connectivity index (χ4n) is 11.9. The molecule has 5 nitrogen and oxygen atoms in total. The Morgan fingerprint density at radius 3 is 2.40 bits per heavy atom. The topological polar surface area (TPSA) is 61.4 Å². The Bertz CT molecular complexity index is 1040. The Balaban J connectivity index is 1.36. The van der Waals surface area contributed by atoms with Crippen molar-refractivity contribution in [3.05, 3.63) is 12.5 Å². The Morgan fingerprint density at radius 2 is 1.69 bits per heavy atom. The summed E-state index contributed by atoms with van der Waals surface area (Å²) in [5.41, 5.74) is -0.696. The summed E-state index contributed by atoms with van der Waals surface area (Å²) in [5.74, 6) is 5.61. The number of aromatic nitrogens is 2. The highest BCUT2D eigenvalue weighted by atomic mass is 16.5. The van der Waals surface area contributed by atoms with Crippen molar-refractivity contribution in [1.82, 2.24) is 9.97 Å². The third-order valence-electron chi connectivity index (χ3n) is 14.4. The lowest BCUT2D eigenvalue weighted by atomic mass is 9.42. The van der Waals surface area contributed by atoms with E-state index in [0.29, 0.717) is 11.3 Å². The summed E-state index contributed by atoms with van der Waals surface area (Å²) in [6.07, 6.45) is 25.9. The highest BCUT2D eigenvalue weighted by molar-refractivity contribution is 5.40. The monoisotopic (exact) mass is 626 g/mol. The average molecular weight is 626 g/mol. The fourth-order valence-corrected chi connectivity index (χ4v) is 11.9. The van der Waals surface area contributed by atoms with E-state index in [4.69, 9.17) is 9.72 Å². The molecule has 5 heteroatoms. The van der Waals surface area contributed by atoms with Crippen LogP contribution >= 0.6 is 0 Å². The van der Waals surface area contributed by atoms with Crippen LogP contribution in [0.3, 0.4) is 0 Å². The second kappa shape index (κ2) is 14.6. The number of fused-ring (bicyclic) bond motifs is 5. The van der Waals surface area contributed by atoms with Crippen LogP contribution in [0.1, 0.15) is 164 Å². The maximum Gasteiger partial charge on any atom is 0.148 e. The summed E-state index contributed by atoms with van der Waals surface area (Å²) in [6.45, 7) is 18.7. The first-order valence-electron chi connectivity index (χ1n) is 19.7. The molecule has 1 aromatic heterocycles. The minimum absolute atomic E-state index is 0.151. The zero-order chi connectivity index (χ0) is 32.3. The molecule has 0 aliphatic heterocycles. The van der Waals surface area contributed by atoms with Gasteiger partial charge in [-0.2, -0.15) is 0 Å². The summed E-state index contributed by atoms with van der Waals surface area (Å²) in [5, 5.41) is 12.6. The maximum atomic E-state index is 12.6. The predicted octanol–water partition coefficient (Wildman–Crippen LogP) is 10.5. The van der Waals surface area contributed by atoms with Gasteiger partial charge in [-0.15, -0.1) is 0 Å². The molecule has 9 atom stereocenters. The average Bonchev–Trinajstić information content (AvgIpc) is 3.65. The van der Waals surface area contributed by atoms with Crippen LogP contribution in [0.15, 0.2) is 12.5 Å². The number of imidazole rings is 1. The van der Waals surface area contributed by atoms with Crippen LogP contribution in [0.5, 0.6) is 0 Å². The van der Waals surface area contributed by atoms with E-state index in [1.807, 2.05) is 6.20 Å². The summed E-state index contributed by atoms with van der Waals surface area (Å²) >= 11 is 0. The molecular weight excluding hydrogens is 554 g/mol. The van der Waals surface area contributed by atoms with Gasteiger partial charge in [0, 0.05) is 31.2 Å². The summed E-state index contributed by atoms with van der Waals surface area (Å²) < 4.78 is 7.16. The van der Waals surface area contributed by atoms with Crippen molar-refractivity contribution >= 4 is 5.82 Å². The van der Waals surface area contributed by atoms with E-state index in [0.717, 1.165) is 80.7 Å². The third kappa shape index (κ3) is 6.79. The van der Waals surface area contributed by atoms with Gasteiger partial charge in [0.15, 0.2) is 0 Å². The maximum absolute atomic E-state index is 12.6. The first kappa shape index (κ1) is 35.2. The molecule has 1 heterocycles. The third-order valence-corrected chi connectivity index (χ3v) is 14.4. The first-order chi connectivity index (χ1) is 21.5. The molecule has 0 radical (unpaired) electrons. The smallest absolute Gasteiger partial charge is 0.148 e. The number of hydrogen-bond donors (Lipinski definition) is 2. The number of unbranched alkanes of at least 4 members (excludes halogenated alkanes) is 5. The minimum Gasteiger partial charge on any atom is -0.389 e. The molecule has 4 saturated carbocycles. The molecule has 0 spiro atoms. The second-order valence-electron chi connectivity index (χ2n) is 17.3. The quantitative estimate of drug-likeness (QED) is 0.142. The SMILES string of the molecule is CCCCCCCCOC1(N(CC)c2c[nH]cn2)CC[C@]2(O)CC[C@H]3[C@@H]4CC[C@H]([C@H](C)CCCC(C)C)[C@@]4(C)CC[C@@H]3[C@@]2(C)C1. The number of nitrogens with one attached hydrogen (secondary N) is 1. The summed E-state index contributed by atoms with van der Waals surface area (Å²) in [6, 6.07) is 0. The van der Waals surface area contributed by atoms with E-state index < -0.39 is 11.3 Å². The lowest BCUT2D eigenvalue weighted by Crippen LogP contribution is -2.68. The Morgan fingerprint density at radius 1 is 0.911 bits per heavy atom. The number of rotatable bonds is 16. The zero-order valence-electron chi connectivity index (χ0n) is 30.5. The van der Waals surface area contributed by atoms with Crippen LogP contribution in [0.2, 0.25) is 0 Å². The lowest BCUT2D eigenvalue weighted by Gasteiger charge is -2.67. The molecule has 5 rings (SSSR count). The van der Waals surface area contributed by atoms with Crippen LogP contribution < -0.4 is 4.90 Å². The van der Waals surface area contributed by atoms with Crippen LogP contribution in [-0.4, -0.2) is 39.6 Å². The van der Waals surface area contributed by atoms with Crippen LogP contribution in [0.25, 0.3) is 0 Å². The first-order valence-corrected chi connectivity index (χ1v) is 19.7. The fraction of sp³-hybridized carbons (Fsp3) is 0.925. The van der Waals surface area contributed by atoms with Gasteiger partial charge in [-0.25, -0.2) is 4.98 Å². The molecule has 258 valence electrons. The Kier molecular flexibility index (Phi) is 11.4. The number of nitrogens with zero attached hydrogens (tertiary/aromatic N) is 2. The Labute approximate surface area is 277 Å². The molecule has 0 amide bonds. The lowest BCUT2D eigenvalue weighted by molar-refractivity contribution is -0.246. The van der Waals surface area contributed by atoms with Gasteiger partial charge in [0.2, 0.25) is 0 Å². The predicted molar refractivity (Wildman–Crippen MR) is 188 cm³/mol. The van der Waals surface area contributed by atoms with Crippen molar-refractivity contribution in [3.8, 4) is 0 Å². The van der Waals surface area contributed by atoms with Crippen molar-refractivity contribution in [1.29, 1.82) is 0 Å². The molecule has 1 aromatic rings. The van der Waals surface area contributed by atoms with Crippen molar-refractivity contribution in [2.24, 2.45) is 46.3 Å². The van der Waals surface area contributed by atoms with Gasteiger partial charge in [-0.3, -0.25) is 0 Å². The highest BCUT2D eigenvalue weighted by Gasteiger charge is 2.67. The van der Waals surface area contributed by atoms with Crippen molar-refractivity contribution in [3.63, 3.8) is 0 Å². The van der Waals surface area contributed by atoms with E-state index >= 15 is 0 Å². The van der Waals surface area contributed by atoms with Crippen LogP contribution in [0.4, 0.5) is 5.82 Å². The number of ether oxygens (including phenoxy) is 1. The number of aromatic amines is 1. The highest BCUT2D eigenvalue weighted by Crippen LogP contribution is 2.70. The molecule has 1 unspecified atom stereocenters. The molecule has 2 N–H and O–H groups in total. The van der Waals surface area contributed by atoms with Gasteiger partial charge in [0.05, 0.1) is 11.9 Å². The number of hydrogen-bond acceptors (Lipinski definition) is 4. The van der Waals surface area contributed by atoms with E-state index in [9.17, 15) is 5.11 Å². The van der Waals surface area contributed by atoms with Gasteiger partial charge in [0.1, 0.15) is 11.5 Å². The van der Waals surface area contributed by atoms with E-state index in [1.54, 1.807) is 6.33 Å². The van der Waals surface area contributed by atoms with Crippen molar-refractivity contribution in [2.75, 3.05) is 18.1 Å². The van der Waals surface area contributed by atoms with E-state index in [1.165, 1.54) is 83.5 Å². The van der Waals surface area contributed by atoms with E-state index in [-0.39, 0.29) is 5.41 Å². The van der Waals surface area contributed by atoms with Crippen molar-refractivity contribution in [2.45, 2.75) is 175 Å². The molecular formula is C40H71N3O2. The largest absolute Gasteiger partial charge is 0.389 e. The van der Waals surface area contributed by atoms with Gasteiger partial charge in [-0.1, -0.05) is 92.9 Å². The van der Waals surface area contributed by atoms with E-state index in [2.05, 4.69) is 58.4 Å². The van der Waals surface area contributed by atoms with Crippen molar-refractivity contribution < 1.29 is 9.84 Å².